The van der Waals surface area contributed by atoms with Crippen LogP contribution in [0.3, 0.4) is 0 Å². The predicted molar refractivity (Wildman–Crippen MR) is 54.6 cm³/mol. The Morgan fingerprint density at radius 3 is 2.60 bits per heavy atom. The number of halogens is 1. The molecule has 0 aliphatic heterocycles. The number of carboxylic acids is 1. The van der Waals surface area contributed by atoms with Crippen LogP contribution in [0.25, 0.3) is 0 Å². The van der Waals surface area contributed by atoms with E-state index in [-0.39, 0.29) is 11.5 Å². The van der Waals surface area contributed by atoms with E-state index < -0.39 is 12.1 Å². The number of rotatable bonds is 3. The zero-order valence-corrected chi connectivity index (χ0v) is 8.32. The molecule has 15 heavy (non-hydrogen) atoms. The van der Waals surface area contributed by atoms with E-state index in [9.17, 15) is 9.18 Å². The third-order valence-electron chi connectivity index (χ3n) is 3.05. The molecule has 1 fully saturated rings. The predicted octanol–water partition coefficient (Wildman–Crippen LogP) is 3.20. The minimum atomic E-state index is -1.12. The number of hydrogen-bond donors (Lipinski definition) is 1. The lowest BCUT2D eigenvalue weighted by Gasteiger charge is -2.29. The van der Waals surface area contributed by atoms with Crippen molar-refractivity contribution in [2.24, 2.45) is 5.92 Å². The molecular weight excluding hydrogens is 195 g/mol. The van der Waals surface area contributed by atoms with Gasteiger partial charge in [0.2, 0.25) is 0 Å². The van der Waals surface area contributed by atoms with Crippen LogP contribution in [0.4, 0.5) is 4.39 Å². The quantitative estimate of drug-likeness (QED) is 0.828. The van der Waals surface area contributed by atoms with E-state index in [2.05, 4.69) is 0 Å². The minimum Gasteiger partial charge on any atom is -0.478 e. The number of benzene rings is 1. The van der Waals surface area contributed by atoms with Crippen molar-refractivity contribution in [1.82, 2.24) is 0 Å². The molecule has 1 aliphatic carbocycles. The summed E-state index contributed by atoms with van der Waals surface area (Å²) in [5.41, 5.74) is 0.423. The summed E-state index contributed by atoms with van der Waals surface area (Å²) in [7, 11) is 0. The molecule has 3 heteroatoms. The Labute approximate surface area is 87.7 Å². The molecule has 1 unspecified atom stereocenters. The maximum atomic E-state index is 13.9. The standard InChI is InChI=1S/C12H13FO2/c13-11(8-4-3-5-8)9-6-1-2-7-10(9)12(14)15/h1-2,6-8,11H,3-5H2,(H,14,15). The molecule has 0 bridgehead atoms. The van der Waals surface area contributed by atoms with Crippen molar-refractivity contribution in [3.05, 3.63) is 35.4 Å². The van der Waals surface area contributed by atoms with Crippen LogP contribution in [0.5, 0.6) is 0 Å². The lowest BCUT2D eigenvalue weighted by molar-refractivity contribution is 0.0688. The van der Waals surface area contributed by atoms with Crippen LogP contribution in [0.2, 0.25) is 0 Å². The Kier molecular flexibility index (Phi) is 2.71. The highest BCUT2D eigenvalue weighted by Gasteiger charge is 2.30. The van der Waals surface area contributed by atoms with Gasteiger partial charge in [0.05, 0.1) is 5.56 Å². The molecule has 0 saturated heterocycles. The molecular formula is C12H13FO2. The van der Waals surface area contributed by atoms with Gasteiger partial charge in [-0.25, -0.2) is 9.18 Å². The number of carbonyl (C=O) groups is 1. The van der Waals surface area contributed by atoms with Gasteiger partial charge in [-0.2, -0.15) is 0 Å². The molecule has 0 radical (unpaired) electrons. The smallest absolute Gasteiger partial charge is 0.336 e. The fourth-order valence-electron chi connectivity index (χ4n) is 1.92. The Morgan fingerprint density at radius 1 is 1.40 bits per heavy atom. The molecule has 1 atom stereocenters. The number of hydrogen-bond acceptors (Lipinski definition) is 1. The summed E-state index contributed by atoms with van der Waals surface area (Å²) >= 11 is 0. The van der Waals surface area contributed by atoms with Crippen LogP contribution in [0.15, 0.2) is 24.3 Å². The second kappa shape index (κ2) is 4.01. The average molecular weight is 208 g/mol. The summed E-state index contributed by atoms with van der Waals surface area (Å²) in [5.74, 6) is -1.03. The lowest BCUT2D eigenvalue weighted by Crippen LogP contribution is -2.19. The van der Waals surface area contributed by atoms with E-state index in [4.69, 9.17) is 5.11 Å². The van der Waals surface area contributed by atoms with Gasteiger partial charge in [-0.05, 0) is 24.8 Å². The molecule has 0 aromatic heterocycles. The molecule has 2 nitrogen and oxygen atoms in total. The first-order valence-corrected chi connectivity index (χ1v) is 5.16. The second-order valence-corrected chi connectivity index (χ2v) is 3.99. The number of aromatic carboxylic acids is 1. The molecule has 1 N–H and O–H groups in total. The molecule has 2 rings (SSSR count). The van der Waals surface area contributed by atoms with Crippen molar-refractivity contribution in [3.63, 3.8) is 0 Å². The molecule has 80 valence electrons. The first-order valence-electron chi connectivity index (χ1n) is 5.16. The van der Waals surface area contributed by atoms with Gasteiger partial charge in [0.1, 0.15) is 6.17 Å². The number of carboxylic acid groups (broad SMARTS) is 1. The van der Waals surface area contributed by atoms with E-state index in [1.165, 1.54) is 6.07 Å². The fourth-order valence-corrected chi connectivity index (χ4v) is 1.92. The van der Waals surface area contributed by atoms with Gasteiger partial charge in [0.15, 0.2) is 0 Å². The van der Waals surface area contributed by atoms with Crippen molar-refractivity contribution < 1.29 is 14.3 Å². The van der Waals surface area contributed by atoms with E-state index >= 15 is 0 Å². The first-order chi connectivity index (χ1) is 7.20. The monoisotopic (exact) mass is 208 g/mol. The van der Waals surface area contributed by atoms with Gasteiger partial charge < -0.3 is 5.11 Å². The first kappa shape index (κ1) is 10.1. The Morgan fingerprint density at radius 2 is 2.07 bits per heavy atom. The third kappa shape index (κ3) is 1.87. The molecule has 0 amide bonds. The SMILES string of the molecule is O=C(O)c1ccccc1C(F)C1CCC1. The Hall–Kier alpha value is -1.38. The van der Waals surface area contributed by atoms with Crippen molar-refractivity contribution in [2.45, 2.75) is 25.4 Å². The zero-order chi connectivity index (χ0) is 10.8. The topological polar surface area (TPSA) is 37.3 Å². The molecule has 1 aromatic rings. The van der Waals surface area contributed by atoms with Gasteiger partial charge in [-0.15, -0.1) is 0 Å². The van der Waals surface area contributed by atoms with Crippen LogP contribution < -0.4 is 0 Å². The molecule has 0 spiro atoms. The third-order valence-corrected chi connectivity index (χ3v) is 3.05. The summed E-state index contributed by atoms with van der Waals surface area (Å²) in [6.07, 6.45) is 1.68. The molecule has 1 aliphatic rings. The highest BCUT2D eigenvalue weighted by Crippen LogP contribution is 2.41. The number of alkyl halides is 1. The molecule has 1 aromatic carbocycles. The fraction of sp³-hybridized carbons (Fsp3) is 0.417. The highest BCUT2D eigenvalue weighted by molar-refractivity contribution is 5.89. The second-order valence-electron chi connectivity index (χ2n) is 3.99. The molecule has 1 saturated carbocycles. The highest BCUT2D eigenvalue weighted by atomic mass is 19.1. The molecule has 0 heterocycles. The normalized spacial score (nSPS) is 18.2. The Balaban J connectivity index is 2.29. The lowest BCUT2D eigenvalue weighted by atomic mass is 9.78. The van der Waals surface area contributed by atoms with Crippen LogP contribution in [0.1, 0.15) is 41.4 Å². The van der Waals surface area contributed by atoms with E-state index in [1.54, 1.807) is 18.2 Å². The van der Waals surface area contributed by atoms with Crippen molar-refractivity contribution >= 4 is 5.97 Å². The van der Waals surface area contributed by atoms with Gasteiger partial charge in [-0.1, -0.05) is 24.6 Å². The van der Waals surface area contributed by atoms with E-state index in [1.807, 2.05) is 0 Å². The van der Waals surface area contributed by atoms with Gasteiger partial charge in [-0.3, -0.25) is 0 Å². The summed E-state index contributed by atoms with van der Waals surface area (Å²) < 4.78 is 13.9. The van der Waals surface area contributed by atoms with Gasteiger partial charge >= 0.3 is 5.97 Å². The summed E-state index contributed by atoms with van der Waals surface area (Å²) in [5, 5.41) is 8.92. The summed E-state index contributed by atoms with van der Waals surface area (Å²) in [6.45, 7) is 0. The van der Waals surface area contributed by atoms with Crippen LogP contribution >= 0.6 is 0 Å². The van der Waals surface area contributed by atoms with Gasteiger partial charge in [0, 0.05) is 5.56 Å². The van der Waals surface area contributed by atoms with E-state index in [0.717, 1.165) is 19.3 Å². The van der Waals surface area contributed by atoms with Crippen LogP contribution in [-0.2, 0) is 0 Å². The summed E-state index contributed by atoms with van der Waals surface area (Å²) in [6, 6.07) is 6.35. The van der Waals surface area contributed by atoms with E-state index in [0.29, 0.717) is 5.56 Å². The zero-order valence-electron chi connectivity index (χ0n) is 8.32. The van der Waals surface area contributed by atoms with Crippen molar-refractivity contribution in [2.75, 3.05) is 0 Å². The van der Waals surface area contributed by atoms with Crippen molar-refractivity contribution in [3.8, 4) is 0 Å². The Bertz CT molecular complexity index is 372. The van der Waals surface area contributed by atoms with Crippen molar-refractivity contribution in [1.29, 1.82) is 0 Å². The van der Waals surface area contributed by atoms with Crippen LogP contribution in [-0.4, -0.2) is 11.1 Å². The maximum absolute atomic E-state index is 13.9. The minimum absolute atomic E-state index is 0.0190. The summed E-state index contributed by atoms with van der Waals surface area (Å²) in [4.78, 5) is 10.9. The maximum Gasteiger partial charge on any atom is 0.336 e. The average Bonchev–Trinajstić information content (AvgIpc) is 2.15. The van der Waals surface area contributed by atoms with Gasteiger partial charge in [0.25, 0.3) is 0 Å². The van der Waals surface area contributed by atoms with Crippen LogP contribution in [0, 0.1) is 5.92 Å². The largest absolute Gasteiger partial charge is 0.478 e.